The van der Waals surface area contributed by atoms with Gasteiger partial charge in [0.05, 0.1) is 6.54 Å². The Hall–Kier alpha value is -3.80. The van der Waals surface area contributed by atoms with Crippen molar-refractivity contribution in [1.82, 2.24) is 4.90 Å². The zero-order valence-electron chi connectivity index (χ0n) is 18.0. The Labute approximate surface area is 187 Å². The van der Waals surface area contributed by atoms with Crippen molar-refractivity contribution in [1.29, 1.82) is 0 Å². The Morgan fingerprint density at radius 1 is 0.969 bits per heavy atom. The number of nitrogens with zero attached hydrogens (tertiary/aromatic N) is 2. The molecule has 6 heteroatoms. The minimum atomic E-state index is -1.01. The van der Waals surface area contributed by atoms with Gasteiger partial charge in [-0.3, -0.25) is 9.69 Å². The van der Waals surface area contributed by atoms with Crippen molar-refractivity contribution in [3.05, 3.63) is 95.6 Å². The van der Waals surface area contributed by atoms with E-state index >= 15 is 0 Å². The zero-order chi connectivity index (χ0) is 22.5. The van der Waals surface area contributed by atoms with E-state index in [0.717, 1.165) is 24.2 Å². The van der Waals surface area contributed by atoms with Crippen molar-refractivity contribution in [2.45, 2.75) is 20.1 Å². The van der Waals surface area contributed by atoms with Gasteiger partial charge in [-0.15, -0.1) is 0 Å². The highest BCUT2D eigenvalue weighted by atomic mass is 16.5. The fourth-order valence-electron chi connectivity index (χ4n) is 3.75. The average Bonchev–Trinajstić information content (AvgIpc) is 2.80. The van der Waals surface area contributed by atoms with Crippen molar-refractivity contribution in [3.63, 3.8) is 0 Å². The number of benzene rings is 3. The second-order valence-corrected chi connectivity index (χ2v) is 8.15. The summed E-state index contributed by atoms with van der Waals surface area (Å²) in [7, 11) is 0. The van der Waals surface area contributed by atoms with Crippen LogP contribution >= 0.6 is 0 Å². The van der Waals surface area contributed by atoms with Crippen LogP contribution in [0.4, 0.5) is 10.5 Å². The van der Waals surface area contributed by atoms with Crippen molar-refractivity contribution < 1.29 is 19.4 Å². The maximum atomic E-state index is 12.4. The topological polar surface area (TPSA) is 70.1 Å². The lowest BCUT2D eigenvalue weighted by atomic mass is 10.0. The molecule has 0 unspecified atom stereocenters. The summed E-state index contributed by atoms with van der Waals surface area (Å²) >= 11 is 0. The Morgan fingerprint density at radius 3 is 2.34 bits per heavy atom. The molecule has 1 heterocycles. The smallest absolute Gasteiger partial charge is 0.412 e. The second-order valence-electron chi connectivity index (χ2n) is 8.15. The van der Waals surface area contributed by atoms with Crippen LogP contribution in [0.5, 0.6) is 5.75 Å². The van der Waals surface area contributed by atoms with Crippen molar-refractivity contribution >= 4 is 17.7 Å². The normalized spacial score (nSPS) is 13.3. The molecule has 0 bridgehead atoms. The molecular weight excluding hydrogens is 404 g/mol. The fourth-order valence-corrected chi connectivity index (χ4v) is 3.75. The molecule has 1 N–H and O–H groups in total. The molecule has 0 aromatic heterocycles. The molecule has 4 rings (SSSR count). The van der Waals surface area contributed by atoms with E-state index in [2.05, 4.69) is 6.92 Å². The first-order chi connectivity index (χ1) is 15.5. The van der Waals surface area contributed by atoms with Crippen LogP contribution < -0.4 is 9.64 Å². The number of rotatable bonds is 7. The molecule has 3 aromatic rings. The number of amides is 2. The monoisotopic (exact) mass is 430 g/mol. The highest BCUT2D eigenvalue weighted by molar-refractivity contribution is 5.94. The van der Waals surface area contributed by atoms with Crippen molar-refractivity contribution in [2.24, 2.45) is 5.92 Å². The summed E-state index contributed by atoms with van der Waals surface area (Å²) in [5, 5.41) is 9.61. The summed E-state index contributed by atoms with van der Waals surface area (Å²) in [4.78, 5) is 27.3. The molecule has 1 fully saturated rings. The first kappa shape index (κ1) is 21.4. The third-order valence-corrected chi connectivity index (χ3v) is 5.50. The molecule has 3 aromatic carbocycles. The van der Waals surface area contributed by atoms with E-state index in [9.17, 15) is 14.7 Å². The fraction of sp³-hybridized carbons (Fsp3) is 0.231. The Bertz CT molecular complexity index is 1080. The minimum absolute atomic E-state index is 0.0738. The summed E-state index contributed by atoms with van der Waals surface area (Å²) in [5.74, 6) is 1.32. The molecule has 0 aliphatic carbocycles. The molecule has 6 nitrogen and oxygen atoms in total. The predicted octanol–water partition coefficient (Wildman–Crippen LogP) is 5.04. The minimum Gasteiger partial charge on any atom is -0.489 e. The lowest BCUT2D eigenvalue weighted by molar-refractivity contribution is 0.0530. The number of anilines is 1. The number of likely N-dealkylation sites (tertiary alicyclic amines) is 1. The van der Waals surface area contributed by atoms with E-state index in [1.54, 1.807) is 12.1 Å². The molecule has 164 valence electrons. The predicted molar refractivity (Wildman–Crippen MR) is 123 cm³/mol. The second kappa shape index (κ2) is 9.56. The molecule has 0 atom stereocenters. The van der Waals surface area contributed by atoms with Crippen LogP contribution in [0.1, 0.15) is 28.4 Å². The van der Waals surface area contributed by atoms with Gasteiger partial charge < -0.3 is 14.7 Å². The number of hydrogen-bond donors (Lipinski definition) is 1. The summed E-state index contributed by atoms with van der Waals surface area (Å²) in [6.45, 7) is 4.37. The SMILES string of the molecule is CC1CN(C(=O)c2ccc(COc3cccc(CN(C(=O)O)c4ccccc4)c3)cc2)C1. The Morgan fingerprint density at radius 2 is 1.69 bits per heavy atom. The van der Waals surface area contributed by atoms with Crippen LogP contribution in [0.25, 0.3) is 0 Å². The van der Waals surface area contributed by atoms with Gasteiger partial charge in [-0.05, 0) is 53.4 Å². The van der Waals surface area contributed by atoms with Gasteiger partial charge in [-0.2, -0.15) is 0 Å². The van der Waals surface area contributed by atoms with Gasteiger partial charge in [0.25, 0.3) is 5.91 Å². The Balaban J connectivity index is 1.37. The number of carbonyl (C=O) groups excluding carboxylic acids is 1. The van der Waals surface area contributed by atoms with E-state index < -0.39 is 6.09 Å². The molecule has 0 saturated carbocycles. The van der Waals surface area contributed by atoms with E-state index in [1.165, 1.54) is 4.90 Å². The van der Waals surface area contributed by atoms with Gasteiger partial charge >= 0.3 is 6.09 Å². The molecule has 2 amide bonds. The van der Waals surface area contributed by atoms with Crippen LogP contribution in [0.2, 0.25) is 0 Å². The molecule has 0 radical (unpaired) electrons. The highest BCUT2D eigenvalue weighted by Crippen LogP contribution is 2.21. The van der Waals surface area contributed by atoms with Crippen molar-refractivity contribution in [3.8, 4) is 5.75 Å². The first-order valence-electron chi connectivity index (χ1n) is 10.6. The summed E-state index contributed by atoms with van der Waals surface area (Å²) in [6, 6.07) is 23.9. The summed E-state index contributed by atoms with van der Waals surface area (Å²) < 4.78 is 5.91. The van der Waals surface area contributed by atoms with Crippen LogP contribution in [-0.2, 0) is 13.2 Å². The number of carboxylic acid groups (broad SMARTS) is 1. The Kier molecular flexibility index (Phi) is 6.40. The molecule has 1 aliphatic heterocycles. The van der Waals surface area contributed by atoms with Crippen molar-refractivity contribution in [2.75, 3.05) is 18.0 Å². The van der Waals surface area contributed by atoms with Gasteiger partial charge in [0.1, 0.15) is 12.4 Å². The molecular formula is C26H26N2O4. The standard InChI is InChI=1S/C26H26N2O4/c1-19-15-27(16-19)25(29)22-12-10-20(11-13-22)18-32-24-9-5-6-21(14-24)17-28(26(30)31)23-7-3-2-4-8-23/h2-14,19H,15-18H2,1H3,(H,30,31). The summed E-state index contributed by atoms with van der Waals surface area (Å²) in [5.41, 5.74) is 3.10. The van der Waals surface area contributed by atoms with Gasteiger partial charge in [0.2, 0.25) is 0 Å². The third kappa shape index (κ3) is 5.09. The van der Waals surface area contributed by atoms with E-state index in [1.807, 2.05) is 71.6 Å². The van der Waals surface area contributed by atoms with Gasteiger partial charge in [0.15, 0.2) is 0 Å². The van der Waals surface area contributed by atoms with Crippen LogP contribution in [0.15, 0.2) is 78.9 Å². The van der Waals surface area contributed by atoms with Gasteiger partial charge in [-0.25, -0.2) is 4.79 Å². The van der Waals surface area contributed by atoms with Crippen LogP contribution in [0.3, 0.4) is 0 Å². The number of carbonyl (C=O) groups is 2. The van der Waals surface area contributed by atoms with Crippen LogP contribution in [-0.4, -0.2) is 35.1 Å². The number of para-hydroxylation sites is 1. The molecule has 1 aliphatic rings. The number of hydrogen-bond acceptors (Lipinski definition) is 3. The molecule has 0 spiro atoms. The maximum Gasteiger partial charge on any atom is 0.412 e. The summed E-state index contributed by atoms with van der Waals surface area (Å²) in [6.07, 6.45) is -1.01. The van der Waals surface area contributed by atoms with Crippen LogP contribution in [0, 0.1) is 5.92 Å². The number of ether oxygens (including phenoxy) is 1. The van der Waals surface area contributed by atoms with E-state index in [4.69, 9.17) is 4.74 Å². The van der Waals surface area contributed by atoms with Gasteiger partial charge in [0, 0.05) is 24.3 Å². The first-order valence-corrected chi connectivity index (χ1v) is 10.6. The lowest BCUT2D eigenvalue weighted by Gasteiger charge is -2.37. The average molecular weight is 431 g/mol. The van der Waals surface area contributed by atoms with E-state index in [0.29, 0.717) is 29.5 Å². The quantitative estimate of drug-likeness (QED) is 0.570. The lowest BCUT2D eigenvalue weighted by Crippen LogP contribution is -2.48. The third-order valence-electron chi connectivity index (χ3n) is 5.50. The highest BCUT2D eigenvalue weighted by Gasteiger charge is 2.27. The molecule has 1 saturated heterocycles. The molecule has 32 heavy (non-hydrogen) atoms. The van der Waals surface area contributed by atoms with Gasteiger partial charge in [-0.1, -0.05) is 49.4 Å². The zero-order valence-corrected chi connectivity index (χ0v) is 18.0. The van der Waals surface area contributed by atoms with E-state index in [-0.39, 0.29) is 12.5 Å². The maximum absolute atomic E-state index is 12.4. The largest absolute Gasteiger partial charge is 0.489 e.